The fraction of sp³-hybridized carbons (Fsp3) is 0.286. The van der Waals surface area contributed by atoms with Gasteiger partial charge in [-0.05, 0) is 43.2 Å². The van der Waals surface area contributed by atoms with Crippen molar-refractivity contribution in [2.75, 3.05) is 17.2 Å². The van der Waals surface area contributed by atoms with E-state index in [1.54, 1.807) is 30.0 Å². The van der Waals surface area contributed by atoms with Crippen LogP contribution < -0.4 is 10.5 Å². The van der Waals surface area contributed by atoms with Crippen molar-refractivity contribution < 1.29 is 13.2 Å². The van der Waals surface area contributed by atoms with Crippen molar-refractivity contribution in [3.05, 3.63) is 70.5 Å². The summed E-state index contributed by atoms with van der Waals surface area (Å²) in [6.07, 6.45) is -2.55. The van der Waals surface area contributed by atoms with E-state index in [0.717, 1.165) is 30.8 Å². The van der Waals surface area contributed by atoms with Crippen LogP contribution >= 0.6 is 11.8 Å². The molecule has 3 nitrogen and oxygen atoms in total. The molecule has 0 aliphatic carbocycles. The van der Waals surface area contributed by atoms with E-state index in [1.807, 2.05) is 18.2 Å². The molecule has 1 aliphatic heterocycles. The predicted molar refractivity (Wildman–Crippen MR) is 107 cm³/mol. The van der Waals surface area contributed by atoms with Crippen LogP contribution in [0.2, 0.25) is 0 Å². The number of hydrogen-bond donors (Lipinski definition) is 1. The first-order valence-electron chi connectivity index (χ1n) is 9.10. The van der Waals surface area contributed by atoms with E-state index in [-0.39, 0.29) is 16.9 Å². The Bertz CT molecular complexity index is 1030. The van der Waals surface area contributed by atoms with E-state index in [1.165, 1.54) is 4.90 Å². The highest BCUT2D eigenvalue weighted by molar-refractivity contribution is 7.99. The third-order valence-electron chi connectivity index (χ3n) is 5.03. The molecule has 2 heterocycles. The number of alkyl halides is 3. The average Bonchev–Trinajstić information content (AvgIpc) is 3.14. The number of fused-ring (bicyclic) bond motifs is 1. The number of pyridine rings is 1. The van der Waals surface area contributed by atoms with Crippen LogP contribution in [0, 0.1) is 0 Å². The van der Waals surface area contributed by atoms with Gasteiger partial charge in [0.25, 0.3) is 0 Å². The van der Waals surface area contributed by atoms with Crippen molar-refractivity contribution in [2.24, 2.45) is 0 Å². The Morgan fingerprint density at radius 1 is 1.11 bits per heavy atom. The summed E-state index contributed by atoms with van der Waals surface area (Å²) in [6.45, 7) is 0.816. The topological polar surface area (TPSA) is 36.1 Å². The number of aromatic amines is 1. The van der Waals surface area contributed by atoms with Crippen LogP contribution in [-0.4, -0.2) is 23.3 Å². The van der Waals surface area contributed by atoms with Crippen LogP contribution in [0.4, 0.5) is 18.9 Å². The third-order valence-corrected chi connectivity index (χ3v) is 6.18. The van der Waals surface area contributed by atoms with Crippen molar-refractivity contribution >= 4 is 28.4 Å². The Morgan fingerprint density at radius 2 is 1.89 bits per heavy atom. The molecule has 3 aromatic rings. The van der Waals surface area contributed by atoms with Gasteiger partial charge in [-0.25, -0.2) is 0 Å². The number of nitrogens with one attached hydrogen (secondary N) is 1. The SMILES string of the molecule is O=c1cc(C(F)(F)F)c2cc(N3CCC[C@@H]3CSc3ccccc3)ccc2[nH]1. The molecule has 1 saturated heterocycles. The van der Waals surface area contributed by atoms with E-state index in [2.05, 4.69) is 22.0 Å². The molecule has 0 bridgehead atoms. The molecule has 1 fully saturated rings. The summed E-state index contributed by atoms with van der Waals surface area (Å²) in [5.74, 6) is 0.875. The molecule has 1 aromatic heterocycles. The molecule has 0 radical (unpaired) electrons. The summed E-state index contributed by atoms with van der Waals surface area (Å²) in [5.41, 5.74) is -0.660. The summed E-state index contributed by atoms with van der Waals surface area (Å²) in [4.78, 5) is 17.5. The molecule has 0 unspecified atom stereocenters. The predicted octanol–water partition coefficient (Wildman–Crippen LogP) is 5.31. The molecule has 0 amide bonds. The maximum atomic E-state index is 13.4. The van der Waals surface area contributed by atoms with Gasteiger partial charge in [-0.1, -0.05) is 18.2 Å². The van der Waals surface area contributed by atoms with Crippen molar-refractivity contribution in [3.8, 4) is 0 Å². The molecule has 2 aromatic carbocycles. The number of halogens is 3. The van der Waals surface area contributed by atoms with Crippen molar-refractivity contribution in [1.82, 2.24) is 4.98 Å². The molecule has 146 valence electrons. The zero-order chi connectivity index (χ0) is 19.7. The van der Waals surface area contributed by atoms with Gasteiger partial charge in [-0.2, -0.15) is 13.2 Å². The lowest BCUT2D eigenvalue weighted by molar-refractivity contribution is -0.136. The molecule has 0 spiro atoms. The highest BCUT2D eigenvalue weighted by atomic mass is 32.2. The number of benzene rings is 2. The number of thioether (sulfide) groups is 1. The number of aromatic nitrogens is 1. The Balaban J connectivity index is 1.64. The van der Waals surface area contributed by atoms with Gasteiger partial charge in [0.1, 0.15) is 0 Å². The molecular formula is C21H19F3N2OS. The largest absolute Gasteiger partial charge is 0.417 e. The number of hydrogen-bond acceptors (Lipinski definition) is 3. The van der Waals surface area contributed by atoms with Crippen molar-refractivity contribution in [1.29, 1.82) is 0 Å². The molecule has 28 heavy (non-hydrogen) atoms. The second-order valence-electron chi connectivity index (χ2n) is 6.89. The van der Waals surface area contributed by atoms with E-state index < -0.39 is 17.3 Å². The van der Waals surface area contributed by atoms with Crippen LogP contribution in [0.25, 0.3) is 10.9 Å². The Hall–Kier alpha value is -2.41. The summed E-state index contributed by atoms with van der Waals surface area (Å²) in [7, 11) is 0. The Labute approximate surface area is 164 Å². The summed E-state index contributed by atoms with van der Waals surface area (Å²) in [6, 6.07) is 15.9. The second-order valence-corrected chi connectivity index (χ2v) is 7.98. The summed E-state index contributed by atoms with van der Waals surface area (Å²) < 4.78 is 40.3. The minimum absolute atomic E-state index is 0.0333. The number of rotatable bonds is 4. The van der Waals surface area contributed by atoms with Crippen LogP contribution in [0.5, 0.6) is 0 Å². The fourth-order valence-electron chi connectivity index (χ4n) is 3.71. The lowest BCUT2D eigenvalue weighted by Gasteiger charge is -2.27. The van der Waals surface area contributed by atoms with Gasteiger partial charge < -0.3 is 9.88 Å². The normalized spacial score (nSPS) is 17.4. The quantitative estimate of drug-likeness (QED) is 0.599. The molecule has 1 atom stereocenters. The van der Waals surface area contributed by atoms with E-state index >= 15 is 0 Å². The zero-order valence-corrected chi connectivity index (χ0v) is 15.8. The van der Waals surface area contributed by atoms with Crippen molar-refractivity contribution in [3.63, 3.8) is 0 Å². The van der Waals surface area contributed by atoms with Gasteiger partial charge in [0.15, 0.2) is 0 Å². The first kappa shape index (κ1) is 18.9. The lowest BCUT2D eigenvalue weighted by atomic mass is 10.1. The first-order valence-corrected chi connectivity index (χ1v) is 10.1. The second kappa shape index (κ2) is 7.54. The molecule has 1 N–H and O–H groups in total. The van der Waals surface area contributed by atoms with E-state index in [9.17, 15) is 18.0 Å². The monoisotopic (exact) mass is 404 g/mol. The van der Waals surface area contributed by atoms with Gasteiger partial charge >= 0.3 is 6.18 Å². The molecule has 7 heteroatoms. The minimum Gasteiger partial charge on any atom is -0.368 e. The Morgan fingerprint density at radius 3 is 2.64 bits per heavy atom. The smallest absolute Gasteiger partial charge is 0.368 e. The van der Waals surface area contributed by atoms with E-state index in [0.29, 0.717) is 6.07 Å². The fourth-order valence-corrected chi connectivity index (χ4v) is 4.79. The van der Waals surface area contributed by atoms with E-state index in [4.69, 9.17) is 0 Å². The number of H-pyrrole nitrogens is 1. The van der Waals surface area contributed by atoms with Crippen LogP contribution in [-0.2, 0) is 6.18 Å². The number of anilines is 1. The minimum atomic E-state index is -4.57. The van der Waals surface area contributed by atoms with Crippen molar-refractivity contribution in [2.45, 2.75) is 30.0 Å². The average molecular weight is 404 g/mol. The lowest BCUT2D eigenvalue weighted by Crippen LogP contribution is -2.31. The molecule has 4 rings (SSSR count). The highest BCUT2D eigenvalue weighted by Crippen LogP contribution is 2.36. The molecule has 1 aliphatic rings. The van der Waals surface area contributed by atoms with Gasteiger partial charge in [-0.3, -0.25) is 4.79 Å². The number of nitrogens with zero attached hydrogens (tertiary/aromatic N) is 1. The zero-order valence-electron chi connectivity index (χ0n) is 15.0. The van der Waals surface area contributed by atoms with Crippen LogP contribution in [0.15, 0.2) is 64.3 Å². The summed E-state index contributed by atoms with van der Waals surface area (Å²) in [5, 5.41) is 0.0333. The Kier molecular flexibility index (Phi) is 5.10. The summed E-state index contributed by atoms with van der Waals surface area (Å²) >= 11 is 1.76. The van der Waals surface area contributed by atoms with Gasteiger partial charge in [-0.15, -0.1) is 11.8 Å². The molecule has 0 saturated carbocycles. The van der Waals surface area contributed by atoms with Gasteiger partial charge in [0.2, 0.25) is 5.56 Å². The first-order chi connectivity index (χ1) is 13.4. The van der Waals surface area contributed by atoms with Gasteiger partial charge in [0.05, 0.1) is 5.56 Å². The molecular weight excluding hydrogens is 385 g/mol. The highest BCUT2D eigenvalue weighted by Gasteiger charge is 2.34. The maximum Gasteiger partial charge on any atom is 0.417 e. The van der Waals surface area contributed by atoms with Crippen LogP contribution in [0.3, 0.4) is 0 Å². The van der Waals surface area contributed by atoms with Gasteiger partial charge in [0, 0.05) is 45.9 Å². The third kappa shape index (κ3) is 3.90. The maximum absolute atomic E-state index is 13.4. The van der Waals surface area contributed by atoms with Crippen LogP contribution in [0.1, 0.15) is 18.4 Å². The standard InChI is InChI=1S/C21H19F3N2OS/c22-21(23,24)18-12-20(27)25-19-9-8-14(11-17(18)19)26-10-4-5-15(26)13-28-16-6-2-1-3-7-16/h1-3,6-9,11-12,15H,4-5,10,13H2,(H,25,27)/t15-/m1/s1.